The van der Waals surface area contributed by atoms with Crippen molar-refractivity contribution < 1.29 is 22.0 Å². The third kappa shape index (κ3) is 6.16. The van der Waals surface area contributed by atoms with Crippen molar-refractivity contribution in [3.05, 3.63) is 0 Å². The standard InChI is InChI=1S/C9H19F3O2Si/c1-4-7-15(6-3,13-5-2)14-8-9(10,11)12/h4-8H2,1-3H3. The van der Waals surface area contributed by atoms with Gasteiger partial charge in [0.25, 0.3) is 0 Å². The van der Waals surface area contributed by atoms with Crippen LogP contribution in [0.25, 0.3) is 0 Å². The van der Waals surface area contributed by atoms with Crippen molar-refractivity contribution in [2.45, 2.75) is 45.5 Å². The van der Waals surface area contributed by atoms with E-state index in [4.69, 9.17) is 8.85 Å². The highest BCUT2D eigenvalue weighted by molar-refractivity contribution is 6.67. The largest absolute Gasteiger partial charge is 0.410 e. The summed E-state index contributed by atoms with van der Waals surface area (Å²) in [6.45, 7) is 4.76. The zero-order valence-electron chi connectivity index (χ0n) is 9.49. The molecule has 0 aromatic rings. The highest BCUT2D eigenvalue weighted by Gasteiger charge is 2.39. The maximum Gasteiger partial charge on any atom is 0.410 e. The third-order valence-corrected chi connectivity index (χ3v) is 5.90. The highest BCUT2D eigenvalue weighted by Crippen LogP contribution is 2.24. The molecule has 1 unspecified atom stereocenters. The van der Waals surface area contributed by atoms with Gasteiger partial charge in [-0.25, -0.2) is 0 Å². The second kappa shape index (κ2) is 6.50. The molecule has 0 radical (unpaired) electrons. The van der Waals surface area contributed by atoms with Crippen molar-refractivity contribution in [2.75, 3.05) is 13.2 Å². The van der Waals surface area contributed by atoms with E-state index in [1.165, 1.54) is 0 Å². The Bertz CT molecular complexity index is 167. The minimum absolute atomic E-state index is 0.415. The Balaban J connectivity index is 4.33. The molecule has 0 saturated heterocycles. The molecule has 0 aromatic carbocycles. The molecule has 1 atom stereocenters. The highest BCUT2D eigenvalue weighted by atomic mass is 28.4. The SMILES string of the molecule is CCC[Si](CC)(OCC)OCC(F)(F)F. The summed E-state index contributed by atoms with van der Waals surface area (Å²) in [4.78, 5) is 0. The van der Waals surface area contributed by atoms with E-state index in [1.54, 1.807) is 6.92 Å². The van der Waals surface area contributed by atoms with Gasteiger partial charge in [-0.3, -0.25) is 0 Å². The lowest BCUT2D eigenvalue weighted by molar-refractivity contribution is -0.159. The first-order valence-electron chi connectivity index (χ1n) is 5.23. The topological polar surface area (TPSA) is 18.5 Å². The molecule has 2 nitrogen and oxygen atoms in total. The molecule has 0 rings (SSSR count). The first-order chi connectivity index (χ1) is 6.89. The first kappa shape index (κ1) is 14.9. The van der Waals surface area contributed by atoms with Crippen molar-refractivity contribution in [1.82, 2.24) is 0 Å². The molecule has 0 aliphatic rings. The molecule has 6 heteroatoms. The van der Waals surface area contributed by atoms with Crippen LogP contribution in [0, 0.1) is 0 Å². The van der Waals surface area contributed by atoms with E-state index < -0.39 is 21.3 Å². The van der Waals surface area contributed by atoms with Gasteiger partial charge in [0.2, 0.25) is 0 Å². The van der Waals surface area contributed by atoms with Gasteiger partial charge in [-0.2, -0.15) is 13.2 Å². The molecular weight excluding hydrogens is 225 g/mol. The van der Waals surface area contributed by atoms with Gasteiger partial charge < -0.3 is 8.85 Å². The van der Waals surface area contributed by atoms with Crippen molar-refractivity contribution >= 4 is 8.56 Å². The number of hydrogen-bond acceptors (Lipinski definition) is 2. The number of hydrogen-bond donors (Lipinski definition) is 0. The smallest absolute Gasteiger partial charge is 0.394 e. The summed E-state index contributed by atoms with van der Waals surface area (Å²) in [5, 5.41) is 0. The molecule has 0 spiro atoms. The summed E-state index contributed by atoms with van der Waals surface area (Å²) < 4.78 is 46.6. The van der Waals surface area contributed by atoms with Crippen molar-refractivity contribution in [3.8, 4) is 0 Å². The summed E-state index contributed by atoms with van der Waals surface area (Å²) in [5.74, 6) is 0. The fraction of sp³-hybridized carbons (Fsp3) is 1.00. The normalized spacial score (nSPS) is 16.4. The lowest BCUT2D eigenvalue weighted by Crippen LogP contribution is -2.43. The Labute approximate surface area is 90.0 Å². The Hall–Kier alpha value is -0.0731. The minimum atomic E-state index is -4.27. The third-order valence-electron chi connectivity index (χ3n) is 2.08. The van der Waals surface area contributed by atoms with E-state index in [1.807, 2.05) is 13.8 Å². The van der Waals surface area contributed by atoms with Crippen LogP contribution in [0.3, 0.4) is 0 Å². The molecular formula is C9H19F3O2Si. The average Bonchev–Trinajstić information content (AvgIpc) is 2.14. The van der Waals surface area contributed by atoms with Gasteiger partial charge in [0.05, 0.1) is 0 Å². The molecule has 0 aliphatic carbocycles. The van der Waals surface area contributed by atoms with Gasteiger partial charge in [-0.05, 0) is 19.0 Å². The molecule has 0 aromatic heterocycles. The van der Waals surface area contributed by atoms with Gasteiger partial charge in [0.15, 0.2) is 0 Å². The van der Waals surface area contributed by atoms with Crippen LogP contribution in [-0.2, 0) is 8.85 Å². The van der Waals surface area contributed by atoms with Gasteiger partial charge in [0.1, 0.15) is 6.61 Å². The maximum absolute atomic E-state index is 12.0. The molecule has 15 heavy (non-hydrogen) atoms. The van der Waals surface area contributed by atoms with E-state index in [-0.39, 0.29) is 0 Å². The van der Waals surface area contributed by atoms with Crippen LogP contribution >= 0.6 is 0 Å². The summed E-state index contributed by atoms with van der Waals surface area (Å²) in [5.41, 5.74) is 0. The minimum Gasteiger partial charge on any atom is -0.394 e. The molecule has 0 aliphatic heterocycles. The van der Waals surface area contributed by atoms with Crippen LogP contribution in [0.1, 0.15) is 27.2 Å². The Morgan fingerprint density at radius 1 is 1.07 bits per heavy atom. The predicted octanol–water partition coefficient (Wildman–Crippen LogP) is 3.47. The van der Waals surface area contributed by atoms with Crippen LogP contribution < -0.4 is 0 Å². The van der Waals surface area contributed by atoms with Crippen molar-refractivity contribution in [1.29, 1.82) is 0 Å². The summed E-state index contributed by atoms with van der Waals surface area (Å²) in [6.07, 6.45) is -3.48. The summed E-state index contributed by atoms with van der Waals surface area (Å²) in [6, 6.07) is 1.18. The Morgan fingerprint density at radius 2 is 1.67 bits per heavy atom. The zero-order chi connectivity index (χ0) is 11.9. The lowest BCUT2D eigenvalue weighted by atomic mass is 10.6. The van der Waals surface area contributed by atoms with Crippen LogP contribution in [0.4, 0.5) is 13.2 Å². The monoisotopic (exact) mass is 244 g/mol. The Morgan fingerprint density at radius 3 is 2.00 bits per heavy atom. The van der Waals surface area contributed by atoms with Crippen LogP contribution in [0.2, 0.25) is 12.1 Å². The van der Waals surface area contributed by atoms with E-state index in [0.29, 0.717) is 18.7 Å². The molecule has 0 N–H and O–H groups in total. The second-order valence-electron chi connectivity index (χ2n) is 3.35. The van der Waals surface area contributed by atoms with Crippen LogP contribution in [-0.4, -0.2) is 28.0 Å². The number of rotatable bonds is 7. The Kier molecular flexibility index (Phi) is 6.46. The van der Waals surface area contributed by atoms with E-state index in [9.17, 15) is 13.2 Å². The van der Waals surface area contributed by atoms with E-state index >= 15 is 0 Å². The predicted molar refractivity (Wildman–Crippen MR) is 55.0 cm³/mol. The second-order valence-corrected chi connectivity index (χ2v) is 6.96. The van der Waals surface area contributed by atoms with E-state index in [2.05, 4.69) is 0 Å². The lowest BCUT2D eigenvalue weighted by Gasteiger charge is -2.29. The molecule has 0 amide bonds. The van der Waals surface area contributed by atoms with E-state index in [0.717, 1.165) is 6.42 Å². The molecule has 0 bridgehead atoms. The van der Waals surface area contributed by atoms with Crippen molar-refractivity contribution in [2.24, 2.45) is 0 Å². The van der Waals surface area contributed by atoms with Gasteiger partial charge in [0, 0.05) is 6.61 Å². The van der Waals surface area contributed by atoms with Gasteiger partial charge in [-0.15, -0.1) is 0 Å². The molecule has 0 fully saturated rings. The quantitative estimate of drug-likeness (QED) is 0.638. The fourth-order valence-electron chi connectivity index (χ4n) is 1.42. The average molecular weight is 244 g/mol. The van der Waals surface area contributed by atoms with Gasteiger partial charge in [-0.1, -0.05) is 20.3 Å². The van der Waals surface area contributed by atoms with Crippen LogP contribution in [0.5, 0.6) is 0 Å². The fourth-order valence-corrected chi connectivity index (χ4v) is 4.27. The number of halogens is 3. The van der Waals surface area contributed by atoms with Gasteiger partial charge >= 0.3 is 14.7 Å². The summed E-state index contributed by atoms with van der Waals surface area (Å²) in [7, 11) is -2.60. The molecule has 0 saturated carbocycles. The molecule has 92 valence electrons. The first-order valence-corrected chi connectivity index (χ1v) is 7.47. The number of alkyl halides is 3. The zero-order valence-corrected chi connectivity index (χ0v) is 10.5. The van der Waals surface area contributed by atoms with Crippen LogP contribution in [0.15, 0.2) is 0 Å². The molecule has 0 heterocycles. The van der Waals surface area contributed by atoms with Crippen molar-refractivity contribution in [3.63, 3.8) is 0 Å². The summed E-state index contributed by atoms with van der Waals surface area (Å²) >= 11 is 0. The maximum atomic E-state index is 12.0.